The van der Waals surface area contributed by atoms with Gasteiger partial charge >= 0.3 is 5.97 Å². The van der Waals surface area contributed by atoms with Gasteiger partial charge in [-0.2, -0.15) is 0 Å². The third-order valence-electron chi connectivity index (χ3n) is 4.10. The van der Waals surface area contributed by atoms with Crippen LogP contribution >= 0.6 is 0 Å². The van der Waals surface area contributed by atoms with Crippen molar-refractivity contribution in [2.24, 2.45) is 0 Å². The average molecular weight is 408 g/mol. The van der Waals surface area contributed by atoms with Gasteiger partial charge in [0.05, 0.1) is 19.8 Å². The van der Waals surface area contributed by atoms with E-state index in [0.717, 1.165) is 0 Å². The van der Waals surface area contributed by atoms with Gasteiger partial charge in [0, 0.05) is 11.3 Å². The molecule has 0 atom stereocenters. The van der Waals surface area contributed by atoms with Crippen molar-refractivity contribution in [2.45, 2.75) is 0 Å². The van der Waals surface area contributed by atoms with Crippen LogP contribution in [0.15, 0.2) is 54.9 Å². The lowest BCUT2D eigenvalue weighted by Crippen LogP contribution is -2.30. The van der Waals surface area contributed by atoms with Gasteiger partial charge in [-0.25, -0.2) is 14.8 Å². The van der Waals surface area contributed by atoms with E-state index in [1.54, 1.807) is 55.6 Å². The summed E-state index contributed by atoms with van der Waals surface area (Å²) in [6, 6.07) is 13.2. The Kier molecular flexibility index (Phi) is 6.28. The van der Waals surface area contributed by atoms with Crippen LogP contribution in [0.5, 0.6) is 5.75 Å². The summed E-state index contributed by atoms with van der Waals surface area (Å²) in [6.45, 7) is 0. The fraction of sp³-hybridized carbons (Fsp3) is 0.100. The summed E-state index contributed by atoms with van der Waals surface area (Å²) in [5.74, 6) is 0.401. The molecule has 0 aliphatic rings. The molecule has 1 amide bonds. The van der Waals surface area contributed by atoms with E-state index in [1.807, 2.05) is 0 Å². The van der Waals surface area contributed by atoms with Gasteiger partial charge in [0.1, 0.15) is 17.8 Å². The number of nitrogens with zero attached hydrogens (tertiary/aromatic N) is 2. The highest BCUT2D eigenvalue weighted by Crippen LogP contribution is 2.25. The van der Waals surface area contributed by atoms with Crippen LogP contribution in [0.1, 0.15) is 20.7 Å². The second-order valence-electron chi connectivity index (χ2n) is 5.99. The largest absolute Gasteiger partial charge is 0.497 e. The third-order valence-corrected chi connectivity index (χ3v) is 4.10. The average Bonchev–Trinajstić information content (AvgIpc) is 2.79. The first-order valence-corrected chi connectivity index (χ1v) is 8.78. The van der Waals surface area contributed by atoms with Crippen LogP contribution in [0, 0.1) is 0 Å². The molecule has 0 saturated heterocycles. The molecule has 0 saturated carbocycles. The van der Waals surface area contributed by atoms with Gasteiger partial charge in [-0.15, -0.1) is 0 Å². The lowest BCUT2D eigenvalue weighted by atomic mass is 10.2. The zero-order chi connectivity index (χ0) is 21.5. The molecule has 0 bridgehead atoms. The zero-order valence-corrected chi connectivity index (χ0v) is 16.3. The maximum absolute atomic E-state index is 12.3. The number of carbonyl (C=O) groups is 2. The van der Waals surface area contributed by atoms with Gasteiger partial charge in [-0.1, -0.05) is 0 Å². The number of hydrogen-bond acceptors (Lipinski definition) is 9. The monoisotopic (exact) mass is 408 g/mol. The van der Waals surface area contributed by atoms with E-state index >= 15 is 0 Å². The summed E-state index contributed by atoms with van der Waals surface area (Å²) in [5, 5.41) is 3.03. The van der Waals surface area contributed by atoms with Crippen LogP contribution < -0.4 is 26.6 Å². The highest BCUT2D eigenvalue weighted by molar-refractivity contribution is 5.95. The van der Waals surface area contributed by atoms with Crippen LogP contribution in [-0.4, -0.2) is 36.1 Å². The van der Waals surface area contributed by atoms with Crippen molar-refractivity contribution in [2.75, 3.05) is 30.7 Å². The molecule has 0 unspecified atom stereocenters. The van der Waals surface area contributed by atoms with Gasteiger partial charge in [0.2, 0.25) is 0 Å². The molecule has 0 radical (unpaired) electrons. The molecule has 2 aromatic carbocycles. The van der Waals surface area contributed by atoms with Gasteiger partial charge in [-0.05, 0) is 48.5 Å². The Hall–Kier alpha value is -4.34. The number of hydrogen-bond donors (Lipinski definition) is 4. The second-order valence-corrected chi connectivity index (χ2v) is 5.99. The van der Waals surface area contributed by atoms with E-state index < -0.39 is 5.97 Å². The number of anilines is 4. The molecule has 1 heterocycles. The molecule has 0 aliphatic carbocycles. The number of nitrogens with one attached hydrogen (secondary N) is 3. The predicted octanol–water partition coefficient (Wildman–Crippen LogP) is 2.35. The van der Waals surface area contributed by atoms with Crippen LogP contribution in [0.4, 0.5) is 23.0 Å². The van der Waals surface area contributed by atoms with E-state index in [0.29, 0.717) is 28.4 Å². The molecular formula is C20H20N6O4. The Labute approximate surface area is 172 Å². The SMILES string of the molecule is COC(=O)c1ccc(Nc2ncnc(NNC(=O)c3ccc(OC)cc3)c2N)cc1. The molecule has 1 aromatic heterocycles. The molecule has 0 fully saturated rings. The number of benzene rings is 2. The summed E-state index contributed by atoms with van der Waals surface area (Å²) in [7, 11) is 2.87. The van der Waals surface area contributed by atoms with Gasteiger partial charge in [0.25, 0.3) is 5.91 Å². The smallest absolute Gasteiger partial charge is 0.337 e. The Bertz CT molecular complexity index is 1040. The van der Waals surface area contributed by atoms with Crippen molar-refractivity contribution >= 4 is 34.9 Å². The van der Waals surface area contributed by atoms with E-state index in [2.05, 4.69) is 30.9 Å². The molecule has 3 aromatic rings. The quantitative estimate of drug-likeness (QED) is 0.342. The summed E-state index contributed by atoms with van der Waals surface area (Å²) >= 11 is 0. The van der Waals surface area contributed by atoms with Crippen molar-refractivity contribution in [3.05, 3.63) is 66.0 Å². The molecule has 0 aliphatic heterocycles. The first kappa shape index (κ1) is 20.4. The fourth-order valence-corrected chi connectivity index (χ4v) is 2.47. The summed E-state index contributed by atoms with van der Waals surface area (Å²) in [4.78, 5) is 31.9. The highest BCUT2D eigenvalue weighted by Gasteiger charge is 2.11. The van der Waals surface area contributed by atoms with Crippen molar-refractivity contribution in [1.29, 1.82) is 0 Å². The van der Waals surface area contributed by atoms with Crippen molar-refractivity contribution < 1.29 is 19.1 Å². The van der Waals surface area contributed by atoms with Gasteiger partial charge in [-0.3, -0.25) is 15.6 Å². The van der Waals surface area contributed by atoms with E-state index in [1.165, 1.54) is 13.4 Å². The van der Waals surface area contributed by atoms with E-state index in [-0.39, 0.29) is 17.4 Å². The molecule has 10 heteroatoms. The van der Waals surface area contributed by atoms with E-state index in [9.17, 15) is 9.59 Å². The number of rotatable bonds is 7. The number of aromatic nitrogens is 2. The zero-order valence-electron chi connectivity index (χ0n) is 16.3. The first-order chi connectivity index (χ1) is 14.5. The lowest BCUT2D eigenvalue weighted by Gasteiger charge is -2.13. The fourth-order valence-electron chi connectivity index (χ4n) is 2.47. The Morgan fingerprint density at radius 2 is 1.53 bits per heavy atom. The number of esters is 1. The van der Waals surface area contributed by atoms with Crippen LogP contribution in [0.25, 0.3) is 0 Å². The number of methoxy groups -OCH3 is 2. The van der Waals surface area contributed by atoms with E-state index in [4.69, 9.17) is 10.5 Å². The van der Waals surface area contributed by atoms with Gasteiger partial charge in [0.15, 0.2) is 11.6 Å². The van der Waals surface area contributed by atoms with Crippen LogP contribution in [0.2, 0.25) is 0 Å². The standard InChI is InChI=1S/C20H20N6O4/c1-29-15-9-5-12(6-10-15)19(27)26-25-18-16(21)17(22-11-23-18)24-14-7-3-13(4-8-14)20(28)30-2/h3-11H,21H2,1-2H3,(H,26,27)(H2,22,23,24,25). The van der Waals surface area contributed by atoms with Crippen LogP contribution in [-0.2, 0) is 4.74 Å². The molecule has 5 N–H and O–H groups in total. The van der Waals surface area contributed by atoms with Crippen LogP contribution in [0.3, 0.4) is 0 Å². The molecular weight excluding hydrogens is 388 g/mol. The minimum absolute atomic E-state index is 0.199. The molecule has 0 spiro atoms. The van der Waals surface area contributed by atoms with Gasteiger partial charge < -0.3 is 20.5 Å². The number of hydrazine groups is 1. The topological polar surface area (TPSA) is 140 Å². The molecule has 30 heavy (non-hydrogen) atoms. The van der Waals surface area contributed by atoms with Crippen molar-refractivity contribution in [1.82, 2.24) is 15.4 Å². The number of ether oxygens (including phenoxy) is 2. The van der Waals surface area contributed by atoms with Crippen molar-refractivity contribution in [3.8, 4) is 5.75 Å². The molecule has 154 valence electrons. The third kappa shape index (κ3) is 4.73. The minimum Gasteiger partial charge on any atom is -0.497 e. The van der Waals surface area contributed by atoms with Crippen molar-refractivity contribution in [3.63, 3.8) is 0 Å². The highest BCUT2D eigenvalue weighted by atomic mass is 16.5. The number of nitrogens with two attached hydrogens (primary N) is 1. The maximum Gasteiger partial charge on any atom is 0.337 e. The Morgan fingerprint density at radius 1 is 0.900 bits per heavy atom. The number of amides is 1. The maximum atomic E-state index is 12.3. The number of nitrogen functional groups attached to an aromatic ring is 1. The predicted molar refractivity (Wildman–Crippen MR) is 112 cm³/mol. The summed E-state index contributed by atoms with van der Waals surface area (Å²) < 4.78 is 9.74. The summed E-state index contributed by atoms with van der Waals surface area (Å²) in [5.41, 5.74) is 13.0. The lowest BCUT2D eigenvalue weighted by molar-refractivity contribution is 0.0600. The minimum atomic E-state index is -0.429. The molecule has 3 rings (SSSR count). The Morgan fingerprint density at radius 3 is 2.17 bits per heavy atom. The second kappa shape index (κ2) is 9.24. The number of carbonyl (C=O) groups excluding carboxylic acids is 2. The first-order valence-electron chi connectivity index (χ1n) is 8.78. The molecule has 10 nitrogen and oxygen atoms in total. The summed E-state index contributed by atoms with van der Waals surface area (Å²) in [6.07, 6.45) is 1.30. The Balaban J connectivity index is 1.67. The normalized spacial score (nSPS) is 10.1.